The number of hydrogen-bond donors (Lipinski definition) is 3. The quantitative estimate of drug-likeness (QED) is 0.530. The fraction of sp³-hybridized carbons (Fsp3) is 1.00. The number of aliphatic hydroxyl groups is 3. The van der Waals surface area contributed by atoms with Gasteiger partial charge >= 0.3 is 0 Å². The van der Waals surface area contributed by atoms with E-state index in [2.05, 4.69) is 13.8 Å². The van der Waals surface area contributed by atoms with Gasteiger partial charge in [0, 0.05) is 19.8 Å². The molecule has 0 aliphatic heterocycles. The van der Waals surface area contributed by atoms with Crippen molar-refractivity contribution in [2.45, 2.75) is 44.4 Å². The molecule has 0 rings (SSSR count). The van der Waals surface area contributed by atoms with Gasteiger partial charge in [-0.1, -0.05) is 13.8 Å². The first-order valence-electron chi connectivity index (χ1n) is 5.75. The van der Waals surface area contributed by atoms with E-state index in [0.29, 0.717) is 11.3 Å². The Labute approximate surface area is 94.3 Å². The molecule has 0 saturated heterocycles. The predicted octanol–water partition coefficient (Wildman–Crippen LogP) is 1.39. The van der Waals surface area contributed by atoms with Crippen LogP contribution in [0.1, 0.15) is 33.1 Å². The zero-order chi connectivity index (χ0) is 11.7. The summed E-state index contributed by atoms with van der Waals surface area (Å²) in [5, 5.41) is 26.7. The number of rotatable bonds is 9. The minimum atomic E-state index is -0.181. The van der Waals surface area contributed by atoms with Crippen LogP contribution in [0.4, 0.5) is 0 Å². The topological polar surface area (TPSA) is 60.7 Å². The summed E-state index contributed by atoms with van der Waals surface area (Å²) >= 11 is 0. The summed E-state index contributed by atoms with van der Waals surface area (Å²) in [7, 11) is -0.181. The summed E-state index contributed by atoms with van der Waals surface area (Å²) in [6.45, 7) is 5.08. The molecule has 2 atom stereocenters. The maximum Gasteiger partial charge on any atom is 0.0436 e. The Kier molecular flexibility index (Phi) is 9.73. The Balaban J connectivity index is 4.14. The van der Waals surface area contributed by atoms with E-state index in [9.17, 15) is 0 Å². The van der Waals surface area contributed by atoms with Crippen LogP contribution in [0, 0.1) is 0 Å². The van der Waals surface area contributed by atoms with Crippen LogP contribution in [0.3, 0.4) is 0 Å². The largest absolute Gasteiger partial charge is 0.396 e. The molecule has 0 radical (unpaired) electrons. The third kappa shape index (κ3) is 6.47. The summed E-state index contributed by atoms with van der Waals surface area (Å²) in [5.41, 5.74) is 1.05. The van der Waals surface area contributed by atoms with Gasteiger partial charge < -0.3 is 15.3 Å². The Morgan fingerprint density at radius 2 is 1.33 bits per heavy atom. The van der Waals surface area contributed by atoms with Gasteiger partial charge in [0.05, 0.1) is 0 Å². The highest BCUT2D eigenvalue weighted by Gasteiger charge is 2.21. The zero-order valence-electron chi connectivity index (χ0n) is 9.89. The highest BCUT2D eigenvalue weighted by atomic mass is 31.1. The van der Waals surface area contributed by atoms with Gasteiger partial charge in [-0.25, -0.2) is 0 Å². The van der Waals surface area contributed by atoms with E-state index >= 15 is 0 Å². The second kappa shape index (κ2) is 9.53. The summed E-state index contributed by atoms with van der Waals surface area (Å²) in [6.07, 6.45) is 3.57. The predicted molar refractivity (Wildman–Crippen MR) is 65.8 cm³/mol. The molecule has 0 saturated carbocycles. The van der Waals surface area contributed by atoms with Gasteiger partial charge in [-0.3, -0.25) is 0 Å². The summed E-state index contributed by atoms with van der Waals surface area (Å²) in [6, 6.07) is 0. The van der Waals surface area contributed by atoms with Crippen molar-refractivity contribution < 1.29 is 15.3 Å². The zero-order valence-corrected chi connectivity index (χ0v) is 10.8. The Bertz CT molecular complexity index is 132. The molecule has 0 aromatic rings. The number of hydrogen-bond acceptors (Lipinski definition) is 3. The molecule has 0 spiro atoms. The molecule has 0 aromatic carbocycles. The van der Waals surface area contributed by atoms with Crippen LogP contribution in [0.25, 0.3) is 0 Å². The molecule has 3 N–H and O–H groups in total. The fourth-order valence-corrected chi connectivity index (χ4v) is 4.98. The van der Waals surface area contributed by atoms with Crippen molar-refractivity contribution in [3.05, 3.63) is 0 Å². The van der Waals surface area contributed by atoms with Crippen LogP contribution in [0.5, 0.6) is 0 Å². The molecule has 0 aliphatic rings. The van der Waals surface area contributed by atoms with Gasteiger partial charge in [0.2, 0.25) is 0 Å². The molecule has 15 heavy (non-hydrogen) atoms. The van der Waals surface area contributed by atoms with Crippen molar-refractivity contribution in [3.63, 3.8) is 0 Å². The van der Waals surface area contributed by atoms with Gasteiger partial charge in [-0.05, 0) is 36.7 Å². The van der Waals surface area contributed by atoms with E-state index in [0.717, 1.165) is 25.4 Å². The average Bonchev–Trinajstić information content (AvgIpc) is 2.19. The molecule has 0 heterocycles. The Morgan fingerprint density at radius 3 is 1.67 bits per heavy atom. The van der Waals surface area contributed by atoms with E-state index in [1.54, 1.807) is 0 Å². The smallest absolute Gasteiger partial charge is 0.0436 e. The maximum absolute atomic E-state index is 8.93. The normalized spacial score (nSPS) is 17.4. The SMILES string of the molecule is CC(CCO)P(CCCO)C(C)CCO. The highest BCUT2D eigenvalue weighted by Crippen LogP contribution is 2.49. The molecular formula is C11H25O3P. The molecule has 0 amide bonds. The molecule has 4 heteroatoms. The molecule has 0 fully saturated rings. The molecule has 3 nitrogen and oxygen atoms in total. The van der Waals surface area contributed by atoms with E-state index in [-0.39, 0.29) is 27.7 Å². The number of aliphatic hydroxyl groups excluding tert-OH is 3. The molecule has 0 aromatic heterocycles. The van der Waals surface area contributed by atoms with Crippen LogP contribution in [0.2, 0.25) is 0 Å². The maximum atomic E-state index is 8.93. The highest BCUT2D eigenvalue weighted by molar-refractivity contribution is 7.59. The third-order valence-corrected chi connectivity index (χ3v) is 6.41. The van der Waals surface area contributed by atoms with Crippen molar-refractivity contribution in [3.8, 4) is 0 Å². The first-order valence-corrected chi connectivity index (χ1v) is 7.42. The Morgan fingerprint density at radius 1 is 0.867 bits per heavy atom. The van der Waals surface area contributed by atoms with E-state index in [4.69, 9.17) is 15.3 Å². The van der Waals surface area contributed by atoms with Crippen LogP contribution in [-0.2, 0) is 0 Å². The first-order chi connectivity index (χ1) is 7.17. The lowest BCUT2D eigenvalue weighted by Crippen LogP contribution is -2.15. The van der Waals surface area contributed by atoms with Crippen LogP contribution in [-0.4, -0.2) is 52.6 Å². The standard InChI is InChI=1S/C11H25O3P/c1-10(4-7-13)15(9-3-6-12)11(2)5-8-14/h10-14H,3-9H2,1-2H3. The second-order valence-corrected chi connectivity index (χ2v) is 7.28. The second-order valence-electron chi connectivity index (χ2n) is 4.04. The van der Waals surface area contributed by atoms with Gasteiger partial charge in [0.1, 0.15) is 0 Å². The molecule has 92 valence electrons. The minimum absolute atomic E-state index is 0.181. The van der Waals surface area contributed by atoms with Gasteiger partial charge in [-0.2, -0.15) is 0 Å². The first kappa shape index (κ1) is 15.3. The van der Waals surface area contributed by atoms with E-state index in [1.165, 1.54) is 0 Å². The average molecular weight is 236 g/mol. The molecule has 0 bridgehead atoms. The Hall–Kier alpha value is 0.310. The van der Waals surface area contributed by atoms with Crippen LogP contribution in [0.15, 0.2) is 0 Å². The van der Waals surface area contributed by atoms with Crippen molar-refractivity contribution in [1.29, 1.82) is 0 Å². The van der Waals surface area contributed by atoms with Crippen LogP contribution >= 0.6 is 7.92 Å². The van der Waals surface area contributed by atoms with Crippen molar-refractivity contribution in [1.82, 2.24) is 0 Å². The molecular weight excluding hydrogens is 211 g/mol. The van der Waals surface area contributed by atoms with Crippen molar-refractivity contribution in [2.75, 3.05) is 26.0 Å². The van der Waals surface area contributed by atoms with Gasteiger partial charge in [-0.15, -0.1) is 7.92 Å². The monoisotopic (exact) mass is 236 g/mol. The lowest BCUT2D eigenvalue weighted by Gasteiger charge is -2.30. The molecule has 0 aliphatic carbocycles. The van der Waals surface area contributed by atoms with Crippen LogP contribution < -0.4 is 0 Å². The summed E-state index contributed by atoms with van der Waals surface area (Å²) in [4.78, 5) is 0. The third-order valence-electron chi connectivity index (χ3n) is 2.80. The molecule has 2 unspecified atom stereocenters. The van der Waals surface area contributed by atoms with Crippen molar-refractivity contribution in [2.24, 2.45) is 0 Å². The summed E-state index contributed by atoms with van der Waals surface area (Å²) in [5.74, 6) is 0. The van der Waals surface area contributed by atoms with Crippen molar-refractivity contribution >= 4 is 7.92 Å². The fourth-order valence-electron chi connectivity index (χ4n) is 1.83. The van der Waals surface area contributed by atoms with E-state index < -0.39 is 0 Å². The minimum Gasteiger partial charge on any atom is -0.396 e. The van der Waals surface area contributed by atoms with Gasteiger partial charge in [0.25, 0.3) is 0 Å². The van der Waals surface area contributed by atoms with Gasteiger partial charge in [0.15, 0.2) is 0 Å². The summed E-state index contributed by atoms with van der Waals surface area (Å²) < 4.78 is 0. The lowest BCUT2D eigenvalue weighted by molar-refractivity contribution is 0.284. The van der Waals surface area contributed by atoms with E-state index in [1.807, 2.05) is 0 Å². The lowest BCUT2D eigenvalue weighted by atomic mass is 10.3.